The van der Waals surface area contributed by atoms with Crippen molar-refractivity contribution in [1.82, 2.24) is 4.90 Å². The normalized spacial score (nSPS) is 16.2. The van der Waals surface area contributed by atoms with Crippen molar-refractivity contribution in [1.29, 1.82) is 0 Å². The van der Waals surface area contributed by atoms with E-state index in [1.54, 1.807) is 0 Å². The number of likely N-dealkylation sites (tertiary alicyclic amines) is 1. The summed E-state index contributed by atoms with van der Waals surface area (Å²) in [6.07, 6.45) is 2.12. The fraction of sp³-hybridized carbons (Fsp3) is 0.611. The van der Waals surface area contributed by atoms with E-state index in [4.69, 9.17) is 9.47 Å². The fourth-order valence-electron chi connectivity index (χ4n) is 2.65. The molecule has 0 N–H and O–H groups in total. The van der Waals surface area contributed by atoms with Gasteiger partial charge in [-0.25, -0.2) is 0 Å². The molecule has 1 aromatic rings. The van der Waals surface area contributed by atoms with Gasteiger partial charge in [0.05, 0.1) is 25.9 Å². The minimum Gasteiger partial charge on any atom is -0.376 e. The van der Waals surface area contributed by atoms with Crippen molar-refractivity contribution in [2.24, 2.45) is 5.92 Å². The van der Waals surface area contributed by atoms with Crippen LogP contribution in [0.1, 0.15) is 32.3 Å². The maximum atomic E-state index is 11.9. The number of benzene rings is 1. The van der Waals surface area contributed by atoms with E-state index < -0.39 is 0 Å². The van der Waals surface area contributed by atoms with E-state index in [1.165, 1.54) is 5.56 Å². The van der Waals surface area contributed by atoms with Gasteiger partial charge >= 0.3 is 0 Å². The molecule has 0 radical (unpaired) electrons. The average Bonchev–Trinajstić information content (AvgIpc) is 2.55. The van der Waals surface area contributed by atoms with Gasteiger partial charge in [-0.3, -0.25) is 4.79 Å². The fourth-order valence-corrected chi connectivity index (χ4v) is 2.65. The number of carbonyl (C=O) groups excluding carboxylic acids is 1. The van der Waals surface area contributed by atoms with Crippen LogP contribution in [-0.4, -0.2) is 43.2 Å². The quantitative estimate of drug-likeness (QED) is 0.727. The molecular weight excluding hydrogens is 278 g/mol. The van der Waals surface area contributed by atoms with Crippen molar-refractivity contribution in [2.45, 2.75) is 39.4 Å². The van der Waals surface area contributed by atoms with Gasteiger partial charge in [-0.2, -0.15) is 0 Å². The van der Waals surface area contributed by atoms with Crippen molar-refractivity contribution in [3.8, 4) is 0 Å². The Morgan fingerprint density at radius 2 is 1.86 bits per heavy atom. The van der Waals surface area contributed by atoms with Gasteiger partial charge in [0.15, 0.2) is 0 Å². The molecule has 22 heavy (non-hydrogen) atoms. The van der Waals surface area contributed by atoms with E-state index >= 15 is 0 Å². The van der Waals surface area contributed by atoms with Crippen molar-refractivity contribution >= 4 is 5.91 Å². The number of hydrogen-bond donors (Lipinski definition) is 0. The van der Waals surface area contributed by atoms with Gasteiger partial charge in [-0.05, 0) is 18.4 Å². The van der Waals surface area contributed by atoms with E-state index in [0.717, 1.165) is 25.9 Å². The second-order valence-electron chi connectivity index (χ2n) is 6.09. The van der Waals surface area contributed by atoms with Crippen LogP contribution in [0, 0.1) is 5.92 Å². The van der Waals surface area contributed by atoms with Gasteiger partial charge < -0.3 is 14.4 Å². The molecule has 0 atom stereocenters. The van der Waals surface area contributed by atoms with Crippen LogP contribution in [0.4, 0.5) is 0 Å². The Balaban J connectivity index is 1.55. The molecule has 1 aliphatic rings. The summed E-state index contributed by atoms with van der Waals surface area (Å²) in [6.45, 7) is 7.39. The van der Waals surface area contributed by atoms with E-state index in [9.17, 15) is 4.79 Å². The highest BCUT2D eigenvalue weighted by Crippen LogP contribution is 2.15. The highest BCUT2D eigenvalue weighted by molar-refractivity contribution is 5.78. The maximum absolute atomic E-state index is 11.9. The van der Waals surface area contributed by atoms with Crippen LogP contribution < -0.4 is 0 Å². The van der Waals surface area contributed by atoms with Crippen LogP contribution in [0.2, 0.25) is 0 Å². The van der Waals surface area contributed by atoms with Gasteiger partial charge in [0.2, 0.25) is 5.91 Å². The first-order chi connectivity index (χ1) is 10.7. The molecule has 0 bridgehead atoms. The number of carbonyl (C=O) groups is 1. The highest BCUT2D eigenvalue weighted by Gasteiger charge is 2.24. The van der Waals surface area contributed by atoms with E-state index in [1.807, 2.05) is 36.9 Å². The van der Waals surface area contributed by atoms with Gasteiger partial charge in [0.25, 0.3) is 0 Å². The monoisotopic (exact) mass is 305 g/mol. The molecule has 4 heteroatoms. The lowest BCUT2D eigenvalue weighted by Gasteiger charge is -2.33. The van der Waals surface area contributed by atoms with Crippen LogP contribution >= 0.6 is 0 Å². The lowest BCUT2D eigenvalue weighted by Crippen LogP contribution is -2.42. The number of hydrogen-bond acceptors (Lipinski definition) is 3. The first-order valence-electron chi connectivity index (χ1n) is 8.19. The van der Waals surface area contributed by atoms with Crippen molar-refractivity contribution < 1.29 is 14.3 Å². The molecule has 4 nitrogen and oxygen atoms in total. The summed E-state index contributed by atoms with van der Waals surface area (Å²) in [4.78, 5) is 13.9. The highest BCUT2D eigenvalue weighted by atomic mass is 16.5. The predicted octanol–water partition coefficient (Wildman–Crippen LogP) is 2.87. The molecule has 1 heterocycles. The van der Waals surface area contributed by atoms with E-state index in [2.05, 4.69) is 12.1 Å². The second-order valence-corrected chi connectivity index (χ2v) is 6.09. The van der Waals surface area contributed by atoms with Crippen LogP contribution in [-0.2, 0) is 20.9 Å². The molecule has 2 rings (SSSR count). The zero-order valence-corrected chi connectivity index (χ0v) is 13.7. The summed E-state index contributed by atoms with van der Waals surface area (Å²) < 4.78 is 11.5. The van der Waals surface area contributed by atoms with Gasteiger partial charge in [0.1, 0.15) is 0 Å². The number of nitrogens with zero attached hydrogens (tertiary/aromatic N) is 1. The minimum atomic E-state index is 0.0869. The average molecular weight is 305 g/mol. The topological polar surface area (TPSA) is 38.8 Å². The Morgan fingerprint density at radius 3 is 2.50 bits per heavy atom. The molecule has 1 saturated heterocycles. The summed E-state index contributed by atoms with van der Waals surface area (Å²) in [5, 5.41) is 0. The third-order valence-corrected chi connectivity index (χ3v) is 3.94. The Bertz CT molecular complexity index is 439. The van der Waals surface area contributed by atoms with Crippen LogP contribution in [0.5, 0.6) is 0 Å². The van der Waals surface area contributed by atoms with Crippen LogP contribution in [0.15, 0.2) is 30.3 Å². The lowest BCUT2D eigenvalue weighted by atomic mass is 10.1. The molecule has 0 aromatic heterocycles. The SMILES string of the molecule is CC(C)C(=O)N1CCC(OCCOCc2ccccc2)CC1. The second kappa shape index (κ2) is 8.91. The first kappa shape index (κ1) is 17.0. The molecular formula is C18H27NO3. The summed E-state index contributed by atoms with van der Waals surface area (Å²) in [5.74, 6) is 0.341. The Labute approximate surface area is 133 Å². The largest absolute Gasteiger partial charge is 0.376 e. The molecule has 1 aliphatic heterocycles. The Hall–Kier alpha value is -1.39. The van der Waals surface area contributed by atoms with Crippen molar-refractivity contribution in [3.63, 3.8) is 0 Å². The zero-order valence-electron chi connectivity index (χ0n) is 13.7. The smallest absolute Gasteiger partial charge is 0.225 e. The standard InChI is InChI=1S/C18H27NO3/c1-15(2)18(20)19-10-8-17(9-11-19)22-13-12-21-14-16-6-4-3-5-7-16/h3-7,15,17H,8-14H2,1-2H3. The lowest BCUT2D eigenvalue weighted by molar-refractivity contribution is -0.137. The van der Waals surface area contributed by atoms with Gasteiger partial charge in [-0.1, -0.05) is 44.2 Å². The molecule has 0 spiro atoms. The molecule has 0 saturated carbocycles. The van der Waals surface area contributed by atoms with Gasteiger partial charge in [0, 0.05) is 19.0 Å². The summed E-state index contributed by atoms with van der Waals surface area (Å²) in [7, 11) is 0. The minimum absolute atomic E-state index is 0.0869. The van der Waals surface area contributed by atoms with E-state index in [0.29, 0.717) is 19.8 Å². The molecule has 1 amide bonds. The molecule has 122 valence electrons. The van der Waals surface area contributed by atoms with Crippen LogP contribution in [0.25, 0.3) is 0 Å². The molecule has 0 aliphatic carbocycles. The maximum Gasteiger partial charge on any atom is 0.225 e. The third kappa shape index (κ3) is 5.43. The van der Waals surface area contributed by atoms with Crippen molar-refractivity contribution in [2.75, 3.05) is 26.3 Å². The summed E-state index contributed by atoms with van der Waals surface area (Å²) in [6, 6.07) is 10.1. The molecule has 1 aromatic carbocycles. The molecule has 0 unspecified atom stereocenters. The van der Waals surface area contributed by atoms with Crippen LogP contribution in [0.3, 0.4) is 0 Å². The van der Waals surface area contributed by atoms with E-state index in [-0.39, 0.29) is 17.9 Å². The number of piperidine rings is 1. The zero-order chi connectivity index (χ0) is 15.8. The third-order valence-electron chi connectivity index (χ3n) is 3.94. The first-order valence-corrected chi connectivity index (χ1v) is 8.19. The predicted molar refractivity (Wildman–Crippen MR) is 86.5 cm³/mol. The number of rotatable bonds is 7. The number of amides is 1. The Morgan fingerprint density at radius 1 is 1.18 bits per heavy atom. The number of ether oxygens (including phenoxy) is 2. The summed E-state index contributed by atoms with van der Waals surface area (Å²) >= 11 is 0. The van der Waals surface area contributed by atoms with Gasteiger partial charge in [-0.15, -0.1) is 0 Å². The molecule has 1 fully saturated rings. The van der Waals surface area contributed by atoms with Crippen molar-refractivity contribution in [3.05, 3.63) is 35.9 Å². The summed E-state index contributed by atoms with van der Waals surface area (Å²) in [5.41, 5.74) is 1.18. The Kier molecular flexibility index (Phi) is 6.87.